The fourth-order valence-corrected chi connectivity index (χ4v) is 4.32. The molecule has 1 saturated heterocycles. The van der Waals surface area contributed by atoms with Crippen molar-refractivity contribution in [2.75, 3.05) is 4.90 Å². The Morgan fingerprint density at radius 1 is 0.968 bits per heavy atom. The lowest BCUT2D eigenvalue weighted by molar-refractivity contribution is 0.434. The number of nitrogens with zero attached hydrogens (tertiary/aromatic N) is 2. The molecule has 3 heterocycles. The number of hydrogen-bond acceptors (Lipinski definition) is 4. The van der Waals surface area contributed by atoms with E-state index in [1.807, 2.05) is 71.6 Å². The van der Waals surface area contributed by atoms with Crippen molar-refractivity contribution in [1.29, 1.82) is 0 Å². The van der Waals surface area contributed by atoms with E-state index in [1.165, 1.54) is 0 Å². The fourth-order valence-electron chi connectivity index (χ4n) is 3.85. The number of aromatic nitrogens is 1. The van der Waals surface area contributed by atoms with E-state index < -0.39 is 0 Å². The molecule has 154 valence electrons. The number of phenols is 1. The SMILES string of the molecule is Oc1ccccc1N1C(=S)N[C@@H](c2ccccn2)[C@@H]1c1ccc(-c2ccc(Cl)cc2)o1. The Kier molecular flexibility index (Phi) is 5.10. The van der Waals surface area contributed by atoms with Crippen molar-refractivity contribution in [1.82, 2.24) is 10.3 Å². The highest BCUT2D eigenvalue weighted by atomic mass is 35.5. The first-order valence-corrected chi connectivity index (χ1v) is 10.5. The van der Waals surface area contributed by atoms with E-state index in [0.717, 1.165) is 17.0 Å². The summed E-state index contributed by atoms with van der Waals surface area (Å²) in [7, 11) is 0. The Morgan fingerprint density at radius 3 is 2.48 bits per heavy atom. The van der Waals surface area contributed by atoms with Crippen LogP contribution in [0.25, 0.3) is 11.3 Å². The third-order valence-corrected chi connectivity index (χ3v) is 5.85. The number of hydrogen-bond donors (Lipinski definition) is 2. The smallest absolute Gasteiger partial charge is 0.174 e. The molecule has 0 bridgehead atoms. The van der Waals surface area contributed by atoms with E-state index in [0.29, 0.717) is 21.6 Å². The predicted octanol–water partition coefficient (Wildman–Crippen LogP) is 5.88. The predicted molar refractivity (Wildman–Crippen MR) is 125 cm³/mol. The third-order valence-electron chi connectivity index (χ3n) is 5.29. The molecular formula is C24H18ClN3O2S. The molecule has 0 spiro atoms. The first kappa shape index (κ1) is 19.6. The number of furan rings is 1. The van der Waals surface area contributed by atoms with Crippen LogP contribution in [0.15, 0.2) is 89.5 Å². The van der Waals surface area contributed by atoms with Gasteiger partial charge in [0.1, 0.15) is 23.3 Å². The molecule has 2 aromatic heterocycles. The number of phenolic OH excluding ortho intramolecular Hbond substituents is 1. The van der Waals surface area contributed by atoms with E-state index in [2.05, 4.69) is 10.3 Å². The molecule has 31 heavy (non-hydrogen) atoms. The molecule has 0 unspecified atom stereocenters. The first-order valence-electron chi connectivity index (χ1n) is 9.76. The van der Waals surface area contributed by atoms with Crippen LogP contribution in [0, 0.1) is 0 Å². The Morgan fingerprint density at radius 2 is 1.74 bits per heavy atom. The summed E-state index contributed by atoms with van der Waals surface area (Å²) in [5.74, 6) is 1.57. The average Bonchev–Trinajstić information content (AvgIpc) is 3.40. The Labute approximate surface area is 189 Å². The van der Waals surface area contributed by atoms with Gasteiger partial charge in [-0.15, -0.1) is 0 Å². The van der Waals surface area contributed by atoms with Gasteiger partial charge in [0.05, 0.1) is 17.4 Å². The van der Waals surface area contributed by atoms with Crippen molar-refractivity contribution in [2.24, 2.45) is 0 Å². The molecule has 0 amide bonds. The summed E-state index contributed by atoms with van der Waals surface area (Å²) in [4.78, 5) is 6.41. The molecule has 7 heteroatoms. The van der Waals surface area contributed by atoms with Gasteiger partial charge in [0.2, 0.25) is 0 Å². The first-order chi connectivity index (χ1) is 15.1. The van der Waals surface area contributed by atoms with Gasteiger partial charge in [-0.3, -0.25) is 4.98 Å². The lowest BCUT2D eigenvalue weighted by Gasteiger charge is -2.26. The molecule has 5 rings (SSSR count). The Hall–Kier alpha value is -3.35. The summed E-state index contributed by atoms with van der Waals surface area (Å²) in [5, 5.41) is 15.0. The summed E-state index contributed by atoms with van der Waals surface area (Å²) in [6.45, 7) is 0. The van der Waals surface area contributed by atoms with E-state index in [1.54, 1.807) is 18.3 Å². The Balaban J connectivity index is 1.61. The fraction of sp³-hybridized carbons (Fsp3) is 0.0833. The normalized spacial score (nSPS) is 18.2. The average molecular weight is 448 g/mol. The maximum atomic E-state index is 10.5. The van der Waals surface area contributed by atoms with Crippen molar-refractivity contribution in [2.45, 2.75) is 12.1 Å². The van der Waals surface area contributed by atoms with Gasteiger partial charge in [-0.2, -0.15) is 0 Å². The van der Waals surface area contributed by atoms with Crippen LogP contribution in [0.3, 0.4) is 0 Å². The number of anilines is 1. The zero-order valence-electron chi connectivity index (χ0n) is 16.3. The van der Waals surface area contributed by atoms with Gasteiger partial charge in [0.25, 0.3) is 0 Å². The van der Waals surface area contributed by atoms with Crippen molar-refractivity contribution >= 4 is 34.6 Å². The minimum absolute atomic E-state index is 0.141. The van der Waals surface area contributed by atoms with Crippen LogP contribution in [0.2, 0.25) is 5.02 Å². The molecule has 2 atom stereocenters. The zero-order chi connectivity index (χ0) is 21.4. The van der Waals surface area contributed by atoms with Gasteiger partial charge in [0, 0.05) is 16.8 Å². The molecule has 2 N–H and O–H groups in total. The highest BCUT2D eigenvalue weighted by Gasteiger charge is 2.43. The minimum atomic E-state index is -0.336. The monoisotopic (exact) mass is 447 g/mol. The van der Waals surface area contributed by atoms with Crippen molar-refractivity contribution in [3.05, 3.63) is 102 Å². The highest BCUT2D eigenvalue weighted by Crippen LogP contribution is 2.45. The van der Waals surface area contributed by atoms with Crippen LogP contribution in [-0.4, -0.2) is 15.2 Å². The van der Waals surface area contributed by atoms with E-state index in [4.69, 9.17) is 28.2 Å². The molecule has 2 aromatic carbocycles. The van der Waals surface area contributed by atoms with Gasteiger partial charge >= 0.3 is 0 Å². The second kappa shape index (κ2) is 8.06. The minimum Gasteiger partial charge on any atom is -0.506 e. The molecular weight excluding hydrogens is 430 g/mol. The number of benzene rings is 2. The summed E-state index contributed by atoms with van der Waals surface area (Å²) in [6, 6.07) is 23.7. The van der Waals surface area contributed by atoms with Crippen LogP contribution < -0.4 is 10.2 Å². The number of thiocarbonyl (C=S) groups is 1. The maximum absolute atomic E-state index is 10.5. The van der Waals surface area contributed by atoms with Crippen LogP contribution in [-0.2, 0) is 0 Å². The van der Waals surface area contributed by atoms with Gasteiger partial charge in [-0.25, -0.2) is 0 Å². The van der Waals surface area contributed by atoms with Crippen molar-refractivity contribution in [3.63, 3.8) is 0 Å². The highest BCUT2D eigenvalue weighted by molar-refractivity contribution is 7.80. The van der Waals surface area contributed by atoms with E-state index in [9.17, 15) is 5.11 Å². The molecule has 1 aliphatic heterocycles. The number of aromatic hydroxyl groups is 1. The summed E-state index contributed by atoms with van der Waals surface area (Å²) in [5.41, 5.74) is 2.36. The van der Waals surface area contributed by atoms with Gasteiger partial charge in [-0.05, 0) is 72.9 Å². The molecule has 5 nitrogen and oxygen atoms in total. The third kappa shape index (κ3) is 3.65. The standard InChI is InChI=1S/C24H18ClN3O2S/c25-16-10-8-15(9-11-16)20-12-13-21(30-20)23-22(17-5-3-4-14-26-17)27-24(31)28(23)18-6-1-2-7-19(18)29/h1-14,22-23,29H,(H,27,31)/t22-,23-/m0/s1. The number of nitrogens with one attached hydrogen (secondary N) is 1. The lowest BCUT2D eigenvalue weighted by Crippen LogP contribution is -2.29. The molecule has 0 saturated carbocycles. The van der Waals surface area contributed by atoms with Gasteiger partial charge < -0.3 is 19.7 Å². The number of para-hydroxylation sites is 2. The van der Waals surface area contributed by atoms with E-state index in [-0.39, 0.29) is 17.8 Å². The number of halogens is 1. The number of rotatable bonds is 4. The molecule has 1 fully saturated rings. The van der Waals surface area contributed by atoms with Crippen LogP contribution in [0.4, 0.5) is 5.69 Å². The topological polar surface area (TPSA) is 61.5 Å². The van der Waals surface area contributed by atoms with Crippen LogP contribution in [0.1, 0.15) is 23.5 Å². The van der Waals surface area contributed by atoms with E-state index >= 15 is 0 Å². The summed E-state index contributed by atoms with van der Waals surface area (Å²) in [6.07, 6.45) is 1.75. The lowest BCUT2D eigenvalue weighted by atomic mass is 10.0. The maximum Gasteiger partial charge on any atom is 0.174 e. The van der Waals surface area contributed by atoms with Gasteiger partial charge in [-0.1, -0.05) is 29.8 Å². The summed E-state index contributed by atoms with van der Waals surface area (Å²) < 4.78 is 6.29. The second-order valence-electron chi connectivity index (χ2n) is 7.19. The number of pyridine rings is 1. The molecule has 0 aliphatic carbocycles. The van der Waals surface area contributed by atoms with Gasteiger partial charge in [0.15, 0.2) is 5.11 Å². The van der Waals surface area contributed by atoms with Crippen molar-refractivity contribution in [3.8, 4) is 17.1 Å². The van der Waals surface area contributed by atoms with Crippen LogP contribution >= 0.6 is 23.8 Å². The van der Waals surface area contributed by atoms with Crippen molar-refractivity contribution < 1.29 is 9.52 Å². The Bertz CT molecular complexity index is 1230. The summed E-state index contributed by atoms with van der Waals surface area (Å²) >= 11 is 11.7. The van der Waals surface area contributed by atoms with Crippen LogP contribution in [0.5, 0.6) is 5.75 Å². The molecule has 4 aromatic rings. The quantitative estimate of drug-likeness (QED) is 0.381. The molecule has 0 radical (unpaired) electrons. The second-order valence-corrected chi connectivity index (χ2v) is 8.02. The molecule has 1 aliphatic rings. The largest absolute Gasteiger partial charge is 0.506 e. The zero-order valence-corrected chi connectivity index (χ0v) is 17.8.